The average molecular weight is 515 g/mol. The highest BCUT2D eigenvalue weighted by atomic mass is 32.2. The molecule has 1 aliphatic carbocycles. The molecule has 0 bridgehead atoms. The highest BCUT2D eigenvalue weighted by Gasteiger charge is 2.37. The predicted molar refractivity (Wildman–Crippen MR) is 157 cm³/mol. The summed E-state index contributed by atoms with van der Waals surface area (Å²) in [6.07, 6.45) is 0. The van der Waals surface area contributed by atoms with Crippen LogP contribution >= 0.6 is 34.9 Å². The van der Waals surface area contributed by atoms with Gasteiger partial charge < -0.3 is 0 Å². The molecule has 6 aromatic rings. The monoisotopic (exact) mass is 514 g/mol. The smallest absolute Gasteiger partial charge is 0.0433 e. The summed E-state index contributed by atoms with van der Waals surface area (Å²) >= 11 is 5.73. The third-order valence-corrected chi connectivity index (χ3v) is 11.5. The summed E-state index contributed by atoms with van der Waals surface area (Å²) in [5, 5.41) is 2.72. The lowest BCUT2D eigenvalue weighted by atomic mass is 9.81. The molecule has 0 saturated carbocycles. The number of fused-ring (bicyclic) bond motifs is 8. The topological polar surface area (TPSA) is 0 Å². The maximum Gasteiger partial charge on any atom is 0.0433 e. The summed E-state index contributed by atoms with van der Waals surface area (Å²) in [6, 6.07) is 36.4. The zero-order chi connectivity index (χ0) is 24.0. The first-order chi connectivity index (χ1) is 17.6. The maximum absolute atomic E-state index is 2.46. The van der Waals surface area contributed by atoms with Crippen LogP contribution in [-0.2, 0) is 5.41 Å². The minimum atomic E-state index is -0.0358. The number of hydrogen-bond donors (Lipinski definition) is 0. The Morgan fingerprint density at radius 3 is 2.06 bits per heavy atom. The van der Waals surface area contributed by atoms with Crippen LogP contribution in [0.4, 0.5) is 0 Å². The Bertz CT molecular complexity index is 1870. The van der Waals surface area contributed by atoms with Crippen LogP contribution in [0.25, 0.3) is 42.4 Å². The number of rotatable bonds is 1. The van der Waals surface area contributed by atoms with E-state index in [0.717, 1.165) is 0 Å². The molecule has 172 valence electrons. The molecule has 2 heterocycles. The molecule has 2 aliphatic rings. The molecule has 3 heteroatoms. The molecule has 0 amide bonds. The van der Waals surface area contributed by atoms with Gasteiger partial charge in [0.15, 0.2) is 0 Å². The second kappa shape index (κ2) is 7.52. The quantitative estimate of drug-likeness (QED) is 0.214. The van der Waals surface area contributed by atoms with E-state index in [1.807, 2.05) is 34.9 Å². The van der Waals surface area contributed by atoms with Crippen LogP contribution in [0.15, 0.2) is 117 Å². The Balaban J connectivity index is 1.29. The summed E-state index contributed by atoms with van der Waals surface area (Å²) in [5.41, 5.74) is 8.27. The maximum atomic E-state index is 2.46. The van der Waals surface area contributed by atoms with Crippen LogP contribution in [0.2, 0.25) is 0 Å². The van der Waals surface area contributed by atoms with Crippen molar-refractivity contribution in [1.29, 1.82) is 0 Å². The molecule has 36 heavy (non-hydrogen) atoms. The van der Waals surface area contributed by atoms with Gasteiger partial charge in [-0.2, -0.15) is 0 Å². The number of thiophene rings is 1. The van der Waals surface area contributed by atoms with Crippen molar-refractivity contribution in [3.8, 4) is 22.3 Å². The second-order valence-corrected chi connectivity index (χ2v) is 13.4. The largest absolute Gasteiger partial charge is 0.135 e. The van der Waals surface area contributed by atoms with E-state index in [-0.39, 0.29) is 5.41 Å². The Kier molecular flexibility index (Phi) is 4.41. The minimum absolute atomic E-state index is 0.0358. The molecule has 0 saturated heterocycles. The van der Waals surface area contributed by atoms with Crippen molar-refractivity contribution in [3.05, 3.63) is 108 Å². The fourth-order valence-corrected chi connectivity index (χ4v) is 9.41. The van der Waals surface area contributed by atoms with Crippen molar-refractivity contribution >= 4 is 55.0 Å². The first kappa shape index (κ1) is 21.1. The standard InChI is InChI=1S/C33H22S3/c1-33(2)25-16-19(20-9-7-10-23-22-8-3-4-11-27(22)36-32(20)23)14-15-21(25)24-17-30-31(18-26(24)33)35-29-13-6-5-12-28(29)34-30/h3-18H,1-2H3. The molecule has 1 aliphatic heterocycles. The zero-order valence-electron chi connectivity index (χ0n) is 20.0. The lowest BCUT2D eigenvalue weighted by molar-refractivity contribution is 0.658. The molecule has 0 nitrogen and oxygen atoms in total. The van der Waals surface area contributed by atoms with Gasteiger partial charge in [0.1, 0.15) is 0 Å². The molecule has 1 aromatic heterocycles. The van der Waals surface area contributed by atoms with Gasteiger partial charge in [-0.25, -0.2) is 0 Å². The van der Waals surface area contributed by atoms with Gasteiger partial charge in [0.2, 0.25) is 0 Å². The van der Waals surface area contributed by atoms with Gasteiger partial charge in [-0.05, 0) is 69.8 Å². The lowest BCUT2D eigenvalue weighted by Crippen LogP contribution is -2.15. The summed E-state index contributed by atoms with van der Waals surface area (Å²) in [7, 11) is 0. The van der Waals surface area contributed by atoms with E-state index >= 15 is 0 Å². The van der Waals surface area contributed by atoms with Crippen LogP contribution in [0, 0.1) is 0 Å². The molecule has 8 rings (SSSR count). The first-order valence-electron chi connectivity index (χ1n) is 12.3. The number of benzene rings is 5. The third-order valence-electron chi connectivity index (χ3n) is 7.74. The van der Waals surface area contributed by atoms with Gasteiger partial charge in [-0.1, -0.05) is 98.0 Å². The SMILES string of the molecule is CC1(C)c2cc(-c3cccc4c3sc3ccccc34)ccc2-c2cc3c(cc21)Sc1ccccc1S3. The van der Waals surface area contributed by atoms with E-state index in [1.165, 1.54) is 73.1 Å². The third kappa shape index (κ3) is 2.91. The Morgan fingerprint density at radius 1 is 0.528 bits per heavy atom. The van der Waals surface area contributed by atoms with Crippen LogP contribution < -0.4 is 0 Å². The average Bonchev–Trinajstić information content (AvgIpc) is 3.39. The molecule has 0 N–H and O–H groups in total. The van der Waals surface area contributed by atoms with Crippen molar-refractivity contribution in [1.82, 2.24) is 0 Å². The van der Waals surface area contributed by atoms with Crippen molar-refractivity contribution in [2.45, 2.75) is 38.8 Å². The predicted octanol–water partition coefficient (Wildman–Crippen LogP) is 10.6. The van der Waals surface area contributed by atoms with E-state index in [0.29, 0.717) is 0 Å². The number of hydrogen-bond acceptors (Lipinski definition) is 3. The fourth-order valence-electron chi connectivity index (χ4n) is 5.90. The molecular weight excluding hydrogens is 493 g/mol. The second-order valence-electron chi connectivity index (χ2n) is 10.2. The summed E-state index contributed by atoms with van der Waals surface area (Å²) < 4.78 is 2.74. The highest BCUT2D eigenvalue weighted by Crippen LogP contribution is 2.56. The van der Waals surface area contributed by atoms with Gasteiger partial charge in [-0.3, -0.25) is 0 Å². The van der Waals surface area contributed by atoms with Crippen molar-refractivity contribution in [2.75, 3.05) is 0 Å². The molecule has 0 spiro atoms. The highest BCUT2D eigenvalue weighted by molar-refractivity contribution is 8.05. The van der Waals surface area contributed by atoms with Crippen LogP contribution in [0.1, 0.15) is 25.0 Å². The molecule has 0 fully saturated rings. The van der Waals surface area contributed by atoms with Gasteiger partial charge in [-0.15, -0.1) is 11.3 Å². The van der Waals surface area contributed by atoms with Gasteiger partial charge in [0.25, 0.3) is 0 Å². The Hall–Kier alpha value is -2.98. The fraction of sp³-hybridized carbons (Fsp3) is 0.0909. The van der Waals surface area contributed by atoms with Crippen molar-refractivity contribution in [3.63, 3.8) is 0 Å². The zero-order valence-corrected chi connectivity index (χ0v) is 22.4. The first-order valence-corrected chi connectivity index (χ1v) is 14.7. The normalized spacial score (nSPS) is 14.9. The van der Waals surface area contributed by atoms with E-state index in [9.17, 15) is 0 Å². The van der Waals surface area contributed by atoms with Gasteiger partial charge in [0, 0.05) is 45.2 Å². The molecule has 0 atom stereocenters. The minimum Gasteiger partial charge on any atom is -0.135 e. The Morgan fingerprint density at radius 2 is 1.22 bits per heavy atom. The van der Waals surface area contributed by atoms with Crippen molar-refractivity contribution in [2.24, 2.45) is 0 Å². The molecule has 0 radical (unpaired) electrons. The molecular formula is C33H22S3. The molecule has 5 aromatic carbocycles. The van der Waals surface area contributed by atoms with Crippen molar-refractivity contribution < 1.29 is 0 Å². The molecule has 0 unspecified atom stereocenters. The lowest BCUT2D eigenvalue weighted by Gasteiger charge is -2.24. The summed E-state index contributed by atoms with van der Waals surface area (Å²) in [6.45, 7) is 4.78. The van der Waals surface area contributed by atoms with E-state index in [4.69, 9.17) is 0 Å². The van der Waals surface area contributed by atoms with Gasteiger partial charge in [0.05, 0.1) is 0 Å². The Labute approximate surface area is 223 Å². The van der Waals surface area contributed by atoms with E-state index in [2.05, 4.69) is 111 Å². The van der Waals surface area contributed by atoms with Crippen LogP contribution in [-0.4, -0.2) is 0 Å². The van der Waals surface area contributed by atoms with E-state index in [1.54, 1.807) is 0 Å². The van der Waals surface area contributed by atoms with Crippen LogP contribution in [0.3, 0.4) is 0 Å². The van der Waals surface area contributed by atoms with E-state index < -0.39 is 0 Å². The summed E-state index contributed by atoms with van der Waals surface area (Å²) in [4.78, 5) is 5.48. The van der Waals surface area contributed by atoms with Crippen LogP contribution in [0.5, 0.6) is 0 Å². The summed E-state index contributed by atoms with van der Waals surface area (Å²) in [5.74, 6) is 0. The van der Waals surface area contributed by atoms with Gasteiger partial charge >= 0.3 is 0 Å².